The summed E-state index contributed by atoms with van der Waals surface area (Å²) in [6.45, 7) is 6.99. The largest absolute Gasteiger partial charge is 0.342 e. The standard InChI is InChI=1S/C13H19N3/c1-4-10(7-14)13-15-11-6-8(2)5-9(3)12(11)16-13/h5-6,10H,4,7,14H2,1-3H3,(H,15,16). The Bertz CT molecular complexity index is 495. The van der Waals surface area contributed by atoms with E-state index < -0.39 is 0 Å². The van der Waals surface area contributed by atoms with Crippen molar-refractivity contribution in [3.05, 3.63) is 29.1 Å². The van der Waals surface area contributed by atoms with E-state index in [-0.39, 0.29) is 0 Å². The molecule has 0 radical (unpaired) electrons. The van der Waals surface area contributed by atoms with E-state index in [2.05, 4.69) is 42.9 Å². The Morgan fingerprint density at radius 2 is 2.12 bits per heavy atom. The number of hydrogen-bond acceptors (Lipinski definition) is 2. The van der Waals surface area contributed by atoms with E-state index in [1.165, 1.54) is 11.1 Å². The summed E-state index contributed by atoms with van der Waals surface area (Å²) >= 11 is 0. The van der Waals surface area contributed by atoms with Crippen LogP contribution in [0.5, 0.6) is 0 Å². The maximum absolute atomic E-state index is 5.75. The zero-order valence-electron chi connectivity index (χ0n) is 10.2. The fraction of sp³-hybridized carbons (Fsp3) is 0.462. The minimum atomic E-state index is 0.340. The summed E-state index contributed by atoms with van der Waals surface area (Å²) in [6, 6.07) is 4.30. The lowest BCUT2D eigenvalue weighted by molar-refractivity contribution is 0.641. The minimum absolute atomic E-state index is 0.340. The van der Waals surface area contributed by atoms with Crippen LogP contribution in [-0.2, 0) is 0 Å². The SMILES string of the molecule is CCC(CN)c1nc2c(C)cc(C)cc2[nH]1. The molecule has 0 aliphatic heterocycles. The van der Waals surface area contributed by atoms with Gasteiger partial charge in [-0.25, -0.2) is 4.98 Å². The van der Waals surface area contributed by atoms with Gasteiger partial charge in [-0.05, 0) is 37.5 Å². The molecule has 0 amide bonds. The Labute approximate surface area is 96.1 Å². The predicted octanol–water partition coefficient (Wildman–Crippen LogP) is 2.63. The van der Waals surface area contributed by atoms with Crippen molar-refractivity contribution >= 4 is 11.0 Å². The monoisotopic (exact) mass is 217 g/mol. The number of imidazole rings is 1. The molecular weight excluding hydrogens is 198 g/mol. The molecule has 3 N–H and O–H groups in total. The Kier molecular flexibility index (Phi) is 2.97. The minimum Gasteiger partial charge on any atom is -0.342 e. The predicted molar refractivity (Wildman–Crippen MR) is 67.7 cm³/mol. The second-order valence-electron chi connectivity index (χ2n) is 4.44. The second kappa shape index (κ2) is 4.26. The number of aryl methyl sites for hydroxylation is 2. The Hall–Kier alpha value is -1.35. The van der Waals surface area contributed by atoms with Gasteiger partial charge in [0.2, 0.25) is 0 Å². The molecule has 0 spiro atoms. The quantitative estimate of drug-likeness (QED) is 0.830. The summed E-state index contributed by atoms with van der Waals surface area (Å²) in [5.74, 6) is 1.36. The van der Waals surface area contributed by atoms with Gasteiger partial charge in [0.25, 0.3) is 0 Å². The fourth-order valence-corrected chi connectivity index (χ4v) is 2.16. The molecule has 0 aliphatic rings. The van der Waals surface area contributed by atoms with Crippen molar-refractivity contribution in [1.29, 1.82) is 0 Å². The molecule has 1 aromatic heterocycles. The lowest BCUT2D eigenvalue weighted by atomic mass is 10.1. The molecule has 2 aromatic rings. The number of aromatic nitrogens is 2. The summed E-state index contributed by atoms with van der Waals surface area (Å²) in [6.07, 6.45) is 1.02. The number of nitrogens with one attached hydrogen (secondary N) is 1. The summed E-state index contributed by atoms with van der Waals surface area (Å²) in [5, 5.41) is 0. The van der Waals surface area contributed by atoms with Crippen LogP contribution in [0.2, 0.25) is 0 Å². The molecule has 0 aliphatic carbocycles. The van der Waals surface area contributed by atoms with Gasteiger partial charge >= 0.3 is 0 Å². The topological polar surface area (TPSA) is 54.7 Å². The van der Waals surface area contributed by atoms with Crippen LogP contribution < -0.4 is 5.73 Å². The molecule has 1 aromatic carbocycles. The molecule has 0 saturated heterocycles. The highest BCUT2D eigenvalue weighted by Gasteiger charge is 2.13. The molecule has 86 valence electrons. The van der Waals surface area contributed by atoms with Crippen molar-refractivity contribution in [3.63, 3.8) is 0 Å². The summed E-state index contributed by atoms with van der Waals surface area (Å²) in [4.78, 5) is 8.05. The molecule has 16 heavy (non-hydrogen) atoms. The van der Waals surface area contributed by atoms with Crippen molar-refractivity contribution in [1.82, 2.24) is 9.97 Å². The van der Waals surface area contributed by atoms with Crippen molar-refractivity contribution in [3.8, 4) is 0 Å². The molecule has 0 fully saturated rings. The second-order valence-corrected chi connectivity index (χ2v) is 4.44. The van der Waals surface area contributed by atoms with Crippen molar-refractivity contribution in [2.45, 2.75) is 33.1 Å². The number of H-pyrrole nitrogens is 1. The van der Waals surface area contributed by atoms with Crippen molar-refractivity contribution < 1.29 is 0 Å². The van der Waals surface area contributed by atoms with Crippen molar-refractivity contribution in [2.75, 3.05) is 6.54 Å². The van der Waals surface area contributed by atoms with Crippen LogP contribution in [0.25, 0.3) is 11.0 Å². The first kappa shape index (κ1) is 11.1. The number of nitrogens with zero attached hydrogens (tertiary/aromatic N) is 1. The van der Waals surface area contributed by atoms with E-state index >= 15 is 0 Å². The van der Waals surface area contributed by atoms with Gasteiger partial charge in [0, 0.05) is 12.5 Å². The normalized spacial score (nSPS) is 13.2. The molecule has 1 heterocycles. The van der Waals surface area contributed by atoms with Crippen LogP contribution >= 0.6 is 0 Å². The maximum Gasteiger partial charge on any atom is 0.111 e. The van der Waals surface area contributed by atoms with E-state index in [9.17, 15) is 0 Å². The van der Waals surface area contributed by atoms with Gasteiger partial charge in [0.05, 0.1) is 11.0 Å². The van der Waals surface area contributed by atoms with Gasteiger partial charge < -0.3 is 10.7 Å². The van der Waals surface area contributed by atoms with Crippen LogP contribution in [0.1, 0.15) is 36.2 Å². The van der Waals surface area contributed by atoms with Crippen LogP contribution in [0.4, 0.5) is 0 Å². The summed E-state index contributed by atoms with van der Waals surface area (Å²) < 4.78 is 0. The third kappa shape index (κ3) is 1.83. The number of aromatic amines is 1. The van der Waals surface area contributed by atoms with Crippen LogP contribution in [0.15, 0.2) is 12.1 Å². The van der Waals surface area contributed by atoms with E-state index in [0.717, 1.165) is 23.3 Å². The molecular formula is C13H19N3. The molecule has 0 saturated carbocycles. The van der Waals surface area contributed by atoms with Crippen LogP contribution in [-0.4, -0.2) is 16.5 Å². The number of hydrogen-bond donors (Lipinski definition) is 2. The molecule has 3 nitrogen and oxygen atoms in total. The first-order valence-corrected chi connectivity index (χ1v) is 5.82. The highest BCUT2D eigenvalue weighted by molar-refractivity contribution is 5.79. The Balaban J connectivity index is 2.55. The van der Waals surface area contributed by atoms with Gasteiger partial charge in [-0.1, -0.05) is 13.0 Å². The average Bonchev–Trinajstić information content (AvgIpc) is 2.63. The zero-order valence-corrected chi connectivity index (χ0v) is 10.2. The summed E-state index contributed by atoms with van der Waals surface area (Å²) in [7, 11) is 0. The highest BCUT2D eigenvalue weighted by Crippen LogP contribution is 2.22. The average molecular weight is 217 g/mol. The van der Waals surface area contributed by atoms with Gasteiger partial charge in [0.15, 0.2) is 0 Å². The van der Waals surface area contributed by atoms with E-state index in [0.29, 0.717) is 12.5 Å². The number of benzene rings is 1. The third-order valence-electron chi connectivity index (χ3n) is 3.10. The number of nitrogens with two attached hydrogens (primary N) is 1. The maximum atomic E-state index is 5.75. The van der Waals surface area contributed by atoms with Gasteiger partial charge in [0.1, 0.15) is 5.82 Å². The lowest BCUT2D eigenvalue weighted by Crippen LogP contribution is -2.12. The zero-order chi connectivity index (χ0) is 11.7. The van der Waals surface area contributed by atoms with Crippen LogP contribution in [0, 0.1) is 13.8 Å². The molecule has 0 bridgehead atoms. The first-order chi connectivity index (χ1) is 7.65. The van der Waals surface area contributed by atoms with Crippen LogP contribution in [0.3, 0.4) is 0 Å². The van der Waals surface area contributed by atoms with E-state index in [1.54, 1.807) is 0 Å². The lowest BCUT2D eigenvalue weighted by Gasteiger charge is -2.07. The van der Waals surface area contributed by atoms with Gasteiger partial charge in [-0.3, -0.25) is 0 Å². The van der Waals surface area contributed by atoms with E-state index in [1.807, 2.05) is 0 Å². The molecule has 1 atom stereocenters. The number of fused-ring (bicyclic) bond motifs is 1. The summed E-state index contributed by atoms with van der Waals surface area (Å²) in [5.41, 5.74) is 10.4. The molecule has 3 heteroatoms. The Morgan fingerprint density at radius 3 is 2.75 bits per heavy atom. The fourth-order valence-electron chi connectivity index (χ4n) is 2.16. The first-order valence-electron chi connectivity index (χ1n) is 5.82. The molecule has 2 rings (SSSR count). The highest BCUT2D eigenvalue weighted by atomic mass is 14.9. The van der Waals surface area contributed by atoms with Gasteiger partial charge in [-0.15, -0.1) is 0 Å². The van der Waals surface area contributed by atoms with Crippen molar-refractivity contribution in [2.24, 2.45) is 5.73 Å². The van der Waals surface area contributed by atoms with Gasteiger partial charge in [-0.2, -0.15) is 0 Å². The third-order valence-corrected chi connectivity index (χ3v) is 3.10. The number of rotatable bonds is 3. The Morgan fingerprint density at radius 1 is 1.38 bits per heavy atom. The molecule has 1 unspecified atom stereocenters. The smallest absolute Gasteiger partial charge is 0.111 e. The van der Waals surface area contributed by atoms with E-state index in [4.69, 9.17) is 5.73 Å².